The Morgan fingerprint density at radius 1 is 1.36 bits per heavy atom. The molecular formula is C6H7N3O4S. The summed E-state index contributed by atoms with van der Waals surface area (Å²) in [5.41, 5.74) is -0.499. The third-order valence-electron chi connectivity index (χ3n) is 1.35. The molecule has 0 unspecified atom stereocenters. The molecule has 0 amide bonds. The highest BCUT2D eigenvalue weighted by Gasteiger charge is 2.14. The smallest absolute Gasteiger partial charge is 0.264 e. The summed E-state index contributed by atoms with van der Waals surface area (Å²) in [6, 6.07) is 5.31. The quantitative estimate of drug-likeness (QED) is 0.556. The van der Waals surface area contributed by atoms with Crippen molar-refractivity contribution in [3.05, 3.63) is 34.4 Å². The Kier molecular flexibility index (Phi) is 2.68. The van der Waals surface area contributed by atoms with E-state index in [1.165, 1.54) is 24.3 Å². The lowest BCUT2D eigenvalue weighted by molar-refractivity contribution is -0.383. The van der Waals surface area contributed by atoms with Gasteiger partial charge in [-0.3, -0.25) is 14.8 Å². The molecule has 0 fully saturated rings. The van der Waals surface area contributed by atoms with Gasteiger partial charge in [0, 0.05) is 6.07 Å². The second-order valence-electron chi connectivity index (χ2n) is 2.42. The van der Waals surface area contributed by atoms with Gasteiger partial charge in [0.2, 0.25) is 0 Å². The zero-order valence-electron chi connectivity index (χ0n) is 6.88. The normalized spacial score (nSPS) is 10.9. The van der Waals surface area contributed by atoms with Crippen molar-refractivity contribution in [1.82, 2.24) is 0 Å². The number of nitrogens with one attached hydrogen (secondary N) is 1. The monoisotopic (exact) mass is 217 g/mol. The molecule has 0 radical (unpaired) electrons. The number of anilines is 1. The number of nitrogens with two attached hydrogens (primary N) is 1. The van der Waals surface area contributed by atoms with E-state index >= 15 is 0 Å². The third kappa shape index (κ3) is 2.68. The molecule has 0 aliphatic rings. The van der Waals surface area contributed by atoms with Gasteiger partial charge in [-0.25, -0.2) is 5.14 Å². The molecule has 0 aromatic heterocycles. The first-order valence-corrected chi connectivity index (χ1v) is 4.99. The summed E-state index contributed by atoms with van der Waals surface area (Å²) in [6.07, 6.45) is 0. The summed E-state index contributed by atoms with van der Waals surface area (Å²) in [5, 5.41) is 15.1. The Bertz CT molecular complexity index is 456. The Hall–Kier alpha value is -1.67. The van der Waals surface area contributed by atoms with Gasteiger partial charge < -0.3 is 0 Å². The first-order chi connectivity index (χ1) is 6.40. The van der Waals surface area contributed by atoms with Gasteiger partial charge in [-0.2, -0.15) is 8.42 Å². The molecule has 0 saturated heterocycles. The van der Waals surface area contributed by atoms with Crippen LogP contribution in [-0.2, 0) is 10.2 Å². The van der Waals surface area contributed by atoms with E-state index in [1.54, 1.807) is 0 Å². The van der Waals surface area contributed by atoms with Crippen LogP contribution in [0, 0.1) is 10.1 Å². The predicted octanol–water partition coefficient (Wildman–Crippen LogP) is 0.210. The first-order valence-electron chi connectivity index (χ1n) is 3.44. The molecule has 0 atom stereocenters. The molecule has 1 aromatic carbocycles. The second kappa shape index (κ2) is 3.60. The third-order valence-corrected chi connectivity index (χ3v) is 1.86. The van der Waals surface area contributed by atoms with Crippen molar-refractivity contribution in [3.8, 4) is 0 Å². The number of benzene rings is 1. The largest absolute Gasteiger partial charge is 0.296 e. The maximum Gasteiger partial charge on any atom is 0.296 e. The number of nitrogens with zero attached hydrogens (tertiary/aromatic N) is 1. The Morgan fingerprint density at radius 2 is 1.93 bits per heavy atom. The molecule has 1 aromatic rings. The van der Waals surface area contributed by atoms with E-state index in [0.717, 1.165) is 0 Å². The molecule has 8 heteroatoms. The highest BCUT2D eigenvalue weighted by molar-refractivity contribution is 7.90. The van der Waals surface area contributed by atoms with Crippen LogP contribution in [0.3, 0.4) is 0 Å². The van der Waals surface area contributed by atoms with E-state index in [0.29, 0.717) is 0 Å². The standard InChI is InChI=1S/C6H7N3O4S/c7-14(12,13)8-5-3-1-2-4-6(5)9(10)11/h1-4,8H,(H2,7,12,13). The number of rotatable bonds is 3. The highest BCUT2D eigenvalue weighted by Crippen LogP contribution is 2.23. The number of hydrogen-bond acceptors (Lipinski definition) is 4. The number of hydrogen-bond donors (Lipinski definition) is 2. The van der Waals surface area contributed by atoms with Crippen molar-refractivity contribution in [1.29, 1.82) is 0 Å². The summed E-state index contributed by atoms with van der Waals surface area (Å²) in [7, 11) is -3.99. The lowest BCUT2D eigenvalue weighted by Crippen LogP contribution is -2.22. The highest BCUT2D eigenvalue weighted by atomic mass is 32.2. The van der Waals surface area contributed by atoms with Crippen molar-refractivity contribution >= 4 is 21.6 Å². The van der Waals surface area contributed by atoms with Crippen LogP contribution in [0.2, 0.25) is 0 Å². The Morgan fingerprint density at radius 3 is 2.43 bits per heavy atom. The van der Waals surface area contributed by atoms with E-state index in [2.05, 4.69) is 5.14 Å². The lowest BCUT2D eigenvalue weighted by atomic mass is 10.3. The molecular weight excluding hydrogens is 210 g/mol. The first kappa shape index (κ1) is 10.4. The van der Waals surface area contributed by atoms with Crippen LogP contribution in [0.25, 0.3) is 0 Å². The zero-order chi connectivity index (χ0) is 10.8. The molecule has 0 aliphatic carbocycles. The van der Waals surface area contributed by atoms with Gasteiger partial charge in [0.1, 0.15) is 5.69 Å². The summed E-state index contributed by atoms with van der Waals surface area (Å²) in [4.78, 5) is 9.74. The average Bonchev–Trinajstić information content (AvgIpc) is 2.01. The molecule has 0 heterocycles. The van der Waals surface area contributed by atoms with Gasteiger partial charge in [0.15, 0.2) is 0 Å². The van der Waals surface area contributed by atoms with E-state index in [4.69, 9.17) is 0 Å². The molecule has 14 heavy (non-hydrogen) atoms. The average molecular weight is 217 g/mol. The number of nitro groups is 1. The van der Waals surface area contributed by atoms with Gasteiger partial charge in [-0.05, 0) is 6.07 Å². The fraction of sp³-hybridized carbons (Fsp3) is 0. The van der Waals surface area contributed by atoms with Crippen LogP contribution in [-0.4, -0.2) is 13.3 Å². The van der Waals surface area contributed by atoms with Crippen LogP contribution >= 0.6 is 0 Å². The molecule has 7 nitrogen and oxygen atoms in total. The van der Waals surface area contributed by atoms with Crippen LogP contribution in [0.4, 0.5) is 11.4 Å². The minimum absolute atomic E-state index is 0.153. The zero-order valence-corrected chi connectivity index (χ0v) is 7.69. The molecule has 0 spiro atoms. The molecule has 0 saturated carbocycles. The lowest BCUT2D eigenvalue weighted by Gasteiger charge is -2.02. The Labute approximate surface area is 79.9 Å². The molecule has 76 valence electrons. The van der Waals surface area contributed by atoms with Crippen LogP contribution in [0.15, 0.2) is 24.3 Å². The number of nitro benzene ring substituents is 1. The van der Waals surface area contributed by atoms with Crippen LogP contribution < -0.4 is 9.86 Å². The fourth-order valence-electron chi connectivity index (χ4n) is 0.872. The fourth-order valence-corrected chi connectivity index (χ4v) is 1.35. The summed E-state index contributed by atoms with van der Waals surface area (Å²) in [6.45, 7) is 0. The van der Waals surface area contributed by atoms with Crippen molar-refractivity contribution in [3.63, 3.8) is 0 Å². The molecule has 1 rings (SSSR count). The molecule has 0 bridgehead atoms. The van der Waals surface area contributed by atoms with Crippen molar-refractivity contribution < 1.29 is 13.3 Å². The van der Waals surface area contributed by atoms with Gasteiger partial charge >= 0.3 is 0 Å². The topological polar surface area (TPSA) is 115 Å². The van der Waals surface area contributed by atoms with E-state index in [9.17, 15) is 18.5 Å². The molecule has 0 aliphatic heterocycles. The molecule has 3 N–H and O–H groups in total. The van der Waals surface area contributed by atoms with Gasteiger partial charge in [-0.15, -0.1) is 0 Å². The van der Waals surface area contributed by atoms with E-state index in [-0.39, 0.29) is 11.4 Å². The SMILES string of the molecule is NS(=O)(=O)Nc1ccccc1[N+](=O)[O-]. The minimum atomic E-state index is -3.99. The minimum Gasteiger partial charge on any atom is -0.264 e. The maximum atomic E-state index is 10.6. The van der Waals surface area contributed by atoms with Crippen LogP contribution in [0.5, 0.6) is 0 Å². The van der Waals surface area contributed by atoms with Crippen molar-refractivity contribution in [2.45, 2.75) is 0 Å². The van der Waals surface area contributed by atoms with E-state index in [1.807, 2.05) is 4.72 Å². The second-order valence-corrected chi connectivity index (χ2v) is 3.72. The maximum absolute atomic E-state index is 10.6. The predicted molar refractivity (Wildman–Crippen MR) is 49.8 cm³/mol. The van der Waals surface area contributed by atoms with Crippen LogP contribution in [0.1, 0.15) is 0 Å². The van der Waals surface area contributed by atoms with Gasteiger partial charge in [0.25, 0.3) is 15.9 Å². The van der Waals surface area contributed by atoms with Gasteiger partial charge in [0.05, 0.1) is 4.92 Å². The van der Waals surface area contributed by atoms with Crippen molar-refractivity contribution in [2.24, 2.45) is 5.14 Å². The summed E-state index contributed by atoms with van der Waals surface area (Å²) >= 11 is 0. The van der Waals surface area contributed by atoms with E-state index < -0.39 is 15.1 Å². The van der Waals surface area contributed by atoms with Gasteiger partial charge in [-0.1, -0.05) is 12.1 Å². The Balaban J connectivity index is 3.15. The summed E-state index contributed by atoms with van der Waals surface area (Å²) in [5.74, 6) is 0. The van der Waals surface area contributed by atoms with Crippen molar-refractivity contribution in [2.75, 3.05) is 4.72 Å². The summed E-state index contributed by atoms with van der Waals surface area (Å²) < 4.78 is 23.1. The number of para-hydroxylation sites is 2.